The fraction of sp³-hybridized carbons (Fsp3) is 0.500. The number of alkyl halides is 1. The zero-order chi connectivity index (χ0) is 12.8. The number of hydrogen-bond acceptors (Lipinski definition) is 2. The van der Waals surface area contributed by atoms with Gasteiger partial charge >= 0.3 is 0 Å². The number of ether oxygens (including phenoxy) is 1. The molecule has 0 aliphatic carbocycles. The predicted molar refractivity (Wildman–Crippen MR) is 72.3 cm³/mol. The van der Waals surface area contributed by atoms with Crippen LogP contribution in [0.25, 0.3) is 0 Å². The standard InChI is InChI=1S/C14H18ClNO2/c15-7-5-14(17)16-8-6-11-3-4-13-12(10-11)2-1-9-18-13/h3-4,10H,1-2,5-9H2,(H,16,17). The first-order valence-corrected chi connectivity index (χ1v) is 6.90. The number of amides is 1. The lowest BCUT2D eigenvalue weighted by Crippen LogP contribution is -2.25. The molecule has 1 N–H and O–H groups in total. The number of fused-ring (bicyclic) bond motifs is 1. The molecule has 0 atom stereocenters. The smallest absolute Gasteiger partial charge is 0.221 e. The van der Waals surface area contributed by atoms with Crippen molar-refractivity contribution < 1.29 is 9.53 Å². The highest BCUT2D eigenvalue weighted by molar-refractivity contribution is 6.18. The average molecular weight is 268 g/mol. The molecule has 1 amide bonds. The van der Waals surface area contributed by atoms with Gasteiger partial charge in [0.15, 0.2) is 0 Å². The van der Waals surface area contributed by atoms with Gasteiger partial charge in [-0.15, -0.1) is 11.6 Å². The molecule has 98 valence electrons. The molecule has 0 fully saturated rings. The molecule has 0 spiro atoms. The topological polar surface area (TPSA) is 38.3 Å². The third-order valence-electron chi connectivity index (χ3n) is 3.03. The van der Waals surface area contributed by atoms with E-state index in [9.17, 15) is 4.79 Å². The first-order valence-electron chi connectivity index (χ1n) is 6.37. The number of rotatable bonds is 5. The average Bonchev–Trinajstić information content (AvgIpc) is 2.39. The molecule has 18 heavy (non-hydrogen) atoms. The number of aryl methyl sites for hydroxylation is 1. The van der Waals surface area contributed by atoms with E-state index in [0.29, 0.717) is 18.8 Å². The summed E-state index contributed by atoms with van der Waals surface area (Å²) in [5.74, 6) is 1.41. The normalized spacial score (nSPS) is 13.6. The number of halogens is 1. The Morgan fingerprint density at radius 2 is 2.33 bits per heavy atom. The second-order valence-corrected chi connectivity index (χ2v) is 4.81. The van der Waals surface area contributed by atoms with Crippen LogP contribution in [0, 0.1) is 0 Å². The van der Waals surface area contributed by atoms with Crippen LogP contribution in [0.15, 0.2) is 18.2 Å². The van der Waals surface area contributed by atoms with E-state index in [2.05, 4.69) is 17.4 Å². The summed E-state index contributed by atoms with van der Waals surface area (Å²) in [6.07, 6.45) is 3.41. The first kappa shape index (κ1) is 13.2. The van der Waals surface area contributed by atoms with Gasteiger partial charge in [0.1, 0.15) is 5.75 Å². The Labute approximate surface area is 112 Å². The van der Waals surface area contributed by atoms with Crippen LogP contribution >= 0.6 is 11.6 Å². The van der Waals surface area contributed by atoms with E-state index in [1.807, 2.05) is 6.07 Å². The van der Waals surface area contributed by atoms with E-state index < -0.39 is 0 Å². The summed E-state index contributed by atoms with van der Waals surface area (Å²) in [6.45, 7) is 1.48. The highest BCUT2D eigenvalue weighted by Gasteiger charge is 2.10. The van der Waals surface area contributed by atoms with Crippen LogP contribution in [-0.4, -0.2) is 24.9 Å². The van der Waals surface area contributed by atoms with Gasteiger partial charge in [0.2, 0.25) is 5.91 Å². The highest BCUT2D eigenvalue weighted by Crippen LogP contribution is 2.25. The van der Waals surface area contributed by atoms with Crippen LogP contribution in [-0.2, 0) is 17.6 Å². The maximum atomic E-state index is 11.3. The fourth-order valence-corrected chi connectivity index (χ4v) is 2.26. The Morgan fingerprint density at radius 3 is 3.17 bits per heavy atom. The lowest BCUT2D eigenvalue weighted by molar-refractivity contribution is -0.120. The maximum Gasteiger partial charge on any atom is 0.221 e. The Balaban J connectivity index is 1.84. The zero-order valence-electron chi connectivity index (χ0n) is 10.4. The Morgan fingerprint density at radius 1 is 1.44 bits per heavy atom. The van der Waals surface area contributed by atoms with E-state index >= 15 is 0 Å². The molecule has 0 aromatic heterocycles. The van der Waals surface area contributed by atoms with Crippen molar-refractivity contribution in [1.82, 2.24) is 5.32 Å². The molecule has 4 heteroatoms. The Bertz CT molecular complexity index is 420. The van der Waals surface area contributed by atoms with Gasteiger partial charge in [0, 0.05) is 18.8 Å². The molecule has 1 aromatic carbocycles. The number of nitrogens with one attached hydrogen (secondary N) is 1. The van der Waals surface area contributed by atoms with Gasteiger partial charge in [0.05, 0.1) is 6.61 Å². The molecule has 0 bridgehead atoms. The molecule has 2 rings (SSSR count). The second-order valence-electron chi connectivity index (χ2n) is 4.43. The molecule has 0 unspecified atom stereocenters. The van der Waals surface area contributed by atoms with Gasteiger partial charge in [0.25, 0.3) is 0 Å². The summed E-state index contributed by atoms with van der Waals surface area (Å²) in [5.41, 5.74) is 2.52. The van der Waals surface area contributed by atoms with Crippen molar-refractivity contribution in [2.45, 2.75) is 25.7 Å². The maximum absolute atomic E-state index is 11.3. The van der Waals surface area contributed by atoms with Crippen LogP contribution in [0.2, 0.25) is 0 Å². The van der Waals surface area contributed by atoms with Gasteiger partial charge in [-0.25, -0.2) is 0 Å². The summed E-state index contributed by atoms with van der Waals surface area (Å²) >= 11 is 5.50. The summed E-state index contributed by atoms with van der Waals surface area (Å²) in [6, 6.07) is 6.28. The number of hydrogen-bond donors (Lipinski definition) is 1. The van der Waals surface area contributed by atoms with E-state index in [-0.39, 0.29) is 5.91 Å². The van der Waals surface area contributed by atoms with Crippen LogP contribution in [0.4, 0.5) is 0 Å². The van der Waals surface area contributed by atoms with Crippen molar-refractivity contribution in [1.29, 1.82) is 0 Å². The largest absolute Gasteiger partial charge is 0.493 e. The minimum atomic E-state index is 0.0197. The summed E-state index contributed by atoms with van der Waals surface area (Å²) < 4.78 is 5.57. The van der Waals surface area contributed by atoms with E-state index in [1.54, 1.807) is 0 Å². The summed E-state index contributed by atoms with van der Waals surface area (Å²) in [7, 11) is 0. The van der Waals surface area contributed by atoms with Gasteiger partial charge in [-0.1, -0.05) is 12.1 Å². The molecule has 1 heterocycles. The lowest BCUT2D eigenvalue weighted by Gasteiger charge is -2.17. The monoisotopic (exact) mass is 267 g/mol. The van der Waals surface area contributed by atoms with E-state index in [1.165, 1.54) is 11.1 Å². The molecule has 1 aliphatic heterocycles. The quantitative estimate of drug-likeness (QED) is 0.832. The van der Waals surface area contributed by atoms with E-state index in [4.69, 9.17) is 16.3 Å². The number of carbonyl (C=O) groups excluding carboxylic acids is 1. The molecule has 3 nitrogen and oxygen atoms in total. The minimum Gasteiger partial charge on any atom is -0.493 e. The minimum absolute atomic E-state index is 0.0197. The molecule has 0 saturated carbocycles. The fourth-order valence-electron chi connectivity index (χ4n) is 2.09. The van der Waals surface area contributed by atoms with Crippen molar-refractivity contribution in [3.05, 3.63) is 29.3 Å². The van der Waals surface area contributed by atoms with Crippen molar-refractivity contribution in [2.75, 3.05) is 19.0 Å². The molecule has 1 aromatic rings. The van der Waals surface area contributed by atoms with Gasteiger partial charge in [-0.2, -0.15) is 0 Å². The van der Waals surface area contributed by atoms with Crippen molar-refractivity contribution in [3.8, 4) is 5.75 Å². The molecule has 1 aliphatic rings. The van der Waals surface area contributed by atoms with Gasteiger partial charge in [-0.05, 0) is 36.5 Å². The summed E-state index contributed by atoms with van der Waals surface area (Å²) in [5, 5.41) is 2.86. The number of benzene rings is 1. The van der Waals surface area contributed by atoms with Gasteiger partial charge < -0.3 is 10.1 Å². The van der Waals surface area contributed by atoms with Crippen LogP contribution < -0.4 is 10.1 Å². The third-order valence-corrected chi connectivity index (χ3v) is 3.22. The molecule has 0 radical (unpaired) electrons. The van der Waals surface area contributed by atoms with Crippen LogP contribution in [0.5, 0.6) is 5.75 Å². The Kier molecular flexibility index (Phi) is 4.88. The molecular formula is C14H18ClNO2. The first-order chi connectivity index (χ1) is 8.79. The van der Waals surface area contributed by atoms with E-state index in [0.717, 1.165) is 31.6 Å². The van der Waals surface area contributed by atoms with Crippen LogP contribution in [0.1, 0.15) is 24.0 Å². The van der Waals surface area contributed by atoms with Crippen LogP contribution in [0.3, 0.4) is 0 Å². The van der Waals surface area contributed by atoms with Crippen molar-refractivity contribution >= 4 is 17.5 Å². The zero-order valence-corrected chi connectivity index (χ0v) is 11.1. The highest BCUT2D eigenvalue weighted by atomic mass is 35.5. The van der Waals surface area contributed by atoms with Crippen molar-refractivity contribution in [2.24, 2.45) is 0 Å². The summed E-state index contributed by atoms with van der Waals surface area (Å²) in [4.78, 5) is 11.3. The van der Waals surface area contributed by atoms with Crippen molar-refractivity contribution in [3.63, 3.8) is 0 Å². The SMILES string of the molecule is O=C(CCCl)NCCc1ccc2c(c1)CCCO2. The predicted octanol–water partition coefficient (Wildman–Crippen LogP) is 2.30. The third kappa shape index (κ3) is 3.64. The van der Waals surface area contributed by atoms with Gasteiger partial charge in [-0.3, -0.25) is 4.79 Å². The Hall–Kier alpha value is -1.22. The molecular weight excluding hydrogens is 250 g/mol. The number of carbonyl (C=O) groups is 1. The second kappa shape index (κ2) is 6.64. The lowest BCUT2D eigenvalue weighted by atomic mass is 10.0. The molecule has 0 saturated heterocycles.